The Kier molecular flexibility index (Phi) is 6.11. The molecule has 4 rings (SSSR count). The molecule has 1 aliphatic carbocycles. The van der Waals surface area contributed by atoms with E-state index in [-0.39, 0.29) is 22.5 Å². The number of rotatable bonds is 6. The average Bonchev–Trinajstić information content (AvgIpc) is 3.27. The third kappa shape index (κ3) is 4.37. The normalized spacial score (nSPS) is 15.9. The molecule has 2 aromatic carbocycles. The van der Waals surface area contributed by atoms with Crippen LogP contribution in [0.3, 0.4) is 0 Å². The predicted molar refractivity (Wildman–Crippen MR) is 133 cm³/mol. The van der Waals surface area contributed by atoms with E-state index >= 15 is 0 Å². The van der Waals surface area contributed by atoms with Crippen LogP contribution in [0, 0.1) is 6.92 Å². The molecule has 0 fully saturated rings. The average molecular weight is 464 g/mol. The van der Waals surface area contributed by atoms with Crippen LogP contribution in [0.25, 0.3) is 0 Å². The smallest absolute Gasteiger partial charge is 0.291 e. The van der Waals surface area contributed by atoms with Crippen molar-refractivity contribution in [3.63, 3.8) is 0 Å². The van der Waals surface area contributed by atoms with Gasteiger partial charge >= 0.3 is 0 Å². The van der Waals surface area contributed by atoms with E-state index in [2.05, 4.69) is 45.1 Å². The van der Waals surface area contributed by atoms with Crippen molar-refractivity contribution in [2.24, 2.45) is 0 Å². The maximum atomic E-state index is 12.9. The summed E-state index contributed by atoms with van der Waals surface area (Å²) in [6.07, 6.45) is 2.27. The number of hydrogen-bond acceptors (Lipinski definition) is 5. The van der Waals surface area contributed by atoms with E-state index in [4.69, 9.17) is 18.6 Å². The van der Waals surface area contributed by atoms with E-state index in [1.165, 1.54) is 25.3 Å². The molecule has 0 aliphatic heterocycles. The lowest BCUT2D eigenvalue weighted by Crippen LogP contribution is -2.33. The monoisotopic (exact) mass is 463 g/mol. The number of furan rings is 1. The molecule has 1 N–H and O–H groups in total. The predicted octanol–water partition coefficient (Wildman–Crippen LogP) is 7.00. The van der Waals surface area contributed by atoms with Crippen LogP contribution in [0.1, 0.15) is 67.8 Å². The standard InChI is InChI=1S/C28H33NO5/c1-17-15-18-19(28(4,5)14-13-27(18,2)3)16-23(17)34-24-12-11-22(33-24)26(30)29-25-20(31-6)9-8-10-21(25)32-7/h8-12,15-16H,13-14H2,1-7H3,(H,29,30). The number of anilines is 1. The molecule has 0 atom stereocenters. The maximum absolute atomic E-state index is 12.9. The molecule has 6 nitrogen and oxygen atoms in total. The fourth-order valence-corrected chi connectivity index (χ4v) is 4.57. The largest absolute Gasteiger partial charge is 0.494 e. The van der Waals surface area contributed by atoms with E-state index in [0.717, 1.165) is 24.2 Å². The zero-order valence-corrected chi connectivity index (χ0v) is 21.0. The molecular weight excluding hydrogens is 430 g/mol. The van der Waals surface area contributed by atoms with Crippen molar-refractivity contribution in [2.75, 3.05) is 19.5 Å². The fraction of sp³-hybridized carbons (Fsp3) is 0.393. The van der Waals surface area contributed by atoms with Crippen molar-refractivity contribution in [3.05, 3.63) is 64.9 Å². The van der Waals surface area contributed by atoms with Crippen LogP contribution in [-0.2, 0) is 10.8 Å². The molecule has 0 radical (unpaired) electrons. The second-order valence-corrected chi connectivity index (χ2v) is 10.1. The summed E-state index contributed by atoms with van der Waals surface area (Å²) in [6.45, 7) is 11.2. The lowest BCUT2D eigenvalue weighted by atomic mass is 9.63. The lowest BCUT2D eigenvalue weighted by Gasteiger charge is -2.42. The summed E-state index contributed by atoms with van der Waals surface area (Å²) in [5.74, 6) is 1.67. The van der Waals surface area contributed by atoms with Crippen LogP contribution >= 0.6 is 0 Å². The fourth-order valence-electron chi connectivity index (χ4n) is 4.57. The van der Waals surface area contributed by atoms with E-state index in [1.54, 1.807) is 30.3 Å². The molecule has 0 bridgehead atoms. The number of hydrogen-bond donors (Lipinski definition) is 1. The van der Waals surface area contributed by atoms with Crippen molar-refractivity contribution in [1.82, 2.24) is 0 Å². The Labute approximate surface area is 201 Å². The van der Waals surface area contributed by atoms with Gasteiger partial charge in [-0.1, -0.05) is 39.8 Å². The molecule has 1 aromatic heterocycles. The number of nitrogens with one attached hydrogen (secondary N) is 1. The van der Waals surface area contributed by atoms with Crippen molar-refractivity contribution in [3.8, 4) is 23.2 Å². The zero-order valence-electron chi connectivity index (χ0n) is 21.0. The van der Waals surface area contributed by atoms with Gasteiger partial charge in [0.2, 0.25) is 0 Å². The Balaban J connectivity index is 1.58. The van der Waals surface area contributed by atoms with Crippen LogP contribution in [0.2, 0.25) is 0 Å². The van der Waals surface area contributed by atoms with Crippen molar-refractivity contribution >= 4 is 11.6 Å². The number of carbonyl (C=O) groups excluding carboxylic acids is 1. The highest BCUT2D eigenvalue weighted by Gasteiger charge is 2.37. The Morgan fingerprint density at radius 1 is 0.882 bits per heavy atom. The SMILES string of the molecule is COc1cccc(OC)c1NC(=O)c1ccc(Oc2cc3c(cc2C)C(C)(C)CCC3(C)C)o1. The van der Waals surface area contributed by atoms with Gasteiger partial charge in [0.25, 0.3) is 11.9 Å². The molecule has 1 heterocycles. The minimum atomic E-state index is -0.428. The molecule has 3 aromatic rings. The van der Waals surface area contributed by atoms with Crippen LogP contribution in [-0.4, -0.2) is 20.1 Å². The van der Waals surface area contributed by atoms with Gasteiger partial charge in [0, 0.05) is 6.07 Å². The third-order valence-electron chi connectivity index (χ3n) is 6.83. The van der Waals surface area contributed by atoms with Crippen molar-refractivity contribution in [1.29, 1.82) is 0 Å². The topological polar surface area (TPSA) is 69.9 Å². The summed E-state index contributed by atoms with van der Waals surface area (Å²) in [5, 5.41) is 2.81. The second-order valence-electron chi connectivity index (χ2n) is 10.1. The molecule has 1 amide bonds. The van der Waals surface area contributed by atoms with Gasteiger partial charge in [-0.3, -0.25) is 4.79 Å². The van der Waals surface area contributed by atoms with Gasteiger partial charge < -0.3 is 23.9 Å². The number of carbonyl (C=O) groups is 1. The lowest BCUT2D eigenvalue weighted by molar-refractivity contribution is 0.0991. The molecular formula is C28H33NO5. The molecule has 6 heteroatoms. The van der Waals surface area contributed by atoms with E-state index in [0.29, 0.717) is 17.2 Å². The molecule has 0 spiro atoms. The summed E-state index contributed by atoms with van der Waals surface area (Å²) < 4.78 is 22.6. The van der Waals surface area contributed by atoms with Gasteiger partial charge in [-0.2, -0.15) is 0 Å². The highest BCUT2D eigenvalue weighted by molar-refractivity contribution is 6.04. The van der Waals surface area contributed by atoms with Gasteiger partial charge in [0.05, 0.1) is 14.2 Å². The summed E-state index contributed by atoms with van der Waals surface area (Å²) in [5.41, 5.74) is 4.34. The number of amides is 1. The first-order valence-corrected chi connectivity index (χ1v) is 11.5. The summed E-state index contributed by atoms with van der Waals surface area (Å²) in [7, 11) is 3.07. The summed E-state index contributed by atoms with van der Waals surface area (Å²) in [4.78, 5) is 12.9. The van der Waals surface area contributed by atoms with Crippen LogP contribution in [0.15, 0.2) is 46.9 Å². The van der Waals surface area contributed by atoms with Crippen molar-refractivity contribution in [2.45, 2.75) is 58.3 Å². The van der Waals surface area contributed by atoms with E-state index < -0.39 is 5.91 Å². The Morgan fingerprint density at radius 2 is 1.47 bits per heavy atom. The van der Waals surface area contributed by atoms with Crippen LogP contribution in [0.4, 0.5) is 5.69 Å². The first kappa shape index (κ1) is 23.7. The van der Waals surface area contributed by atoms with Crippen LogP contribution in [0.5, 0.6) is 23.2 Å². The van der Waals surface area contributed by atoms with Gasteiger partial charge in [0.1, 0.15) is 22.9 Å². The molecule has 0 saturated heterocycles. The minimum Gasteiger partial charge on any atom is -0.494 e. The third-order valence-corrected chi connectivity index (χ3v) is 6.83. The van der Waals surface area contributed by atoms with Crippen LogP contribution < -0.4 is 19.5 Å². The number of methoxy groups -OCH3 is 2. The maximum Gasteiger partial charge on any atom is 0.291 e. The van der Waals surface area contributed by atoms with E-state index in [1.807, 2.05) is 6.92 Å². The second kappa shape index (κ2) is 8.75. The number of fused-ring (bicyclic) bond motifs is 1. The molecule has 0 unspecified atom stereocenters. The Bertz CT molecular complexity index is 1200. The molecule has 1 aliphatic rings. The minimum absolute atomic E-state index is 0.0681. The Morgan fingerprint density at radius 3 is 2.06 bits per heavy atom. The molecule has 180 valence electrons. The summed E-state index contributed by atoms with van der Waals surface area (Å²) >= 11 is 0. The number of ether oxygens (including phenoxy) is 3. The first-order chi connectivity index (χ1) is 16.1. The quantitative estimate of drug-likeness (QED) is 0.426. The zero-order chi connectivity index (χ0) is 24.7. The number of para-hydroxylation sites is 1. The highest BCUT2D eigenvalue weighted by Crippen LogP contribution is 2.48. The molecule has 0 saturated carbocycles. The summed E-state index contributed by atoms with van der Waals surface area (Å²) in [6, 6.07) is 12.9. The number of benzene rings is 2. The van der Waals surface area contributed by atoms with Gasteiger partial charge in [-0.05, 0) is 71.6 Å². The molecule has 34 heavy (non-hydrogen) atoms. The number of aryl methyl sites for hydroxylation is 1. The van der Waals surface area contributed by atoms with Gasteiger partial charge in [-0.15, -0.1) is 0 Å². The Hall–Kier alpha value is -3.41. The first-order valence-electron chi connectivity index (χ1n) is 11.5. The van der Waals surface area contributed by atoms with Gasteiger partial charge in [-0.25, -0.2) is 0 Å². The van der Waals surface area contributed by atoms with E-state index in [9.17, 15) is 4.79 Å². The highest BCUT2D eigenvalue weighted by atomic mass is 16.6. The van der Waals surface area contributed by atoms with Crippen molar-refractivity contribution < 1.29 is 23.4 Å². The van der Waals surface area contributed by atoms with Gasteiger partial charge in [0.15, 0.2) is 5.76 Å².